The monoisotopic (exact) mass is 324 g/mol. The smallest absolute Gasteiger partial charge is 0.381 e. The van der Waals surface area contributed by atoms with E-state index in [4.69, 9.17) is 25.4 Å². The van der Waals surface area contributed by atoms with Crippen molar-refractivity contribution < 1.29 is 18.3 Å². The van der Waals surface area contributed by atoms with Crippen LogP contribution in [0, 0.1) is 6.92 Å². The number of nitrogens with zero attached hydrogens (tertiary/aromatic N) is 2. The molecule has 5 nitrogen and oxygen atoms in total. The van der Waals surface area contributed by atoms with Crippen molar-refractivity contribution in [2.45, 2.75) is 40.5 Å². The third kappa shape index (κ3) is 5.79. The van der Waals surface area contributed by atoms with Gasteiger partial charge in [-0.1, -0.05) is 13.8 Å². The van der Waals surface area contributed by atoms with Gasteiger partial charge in [-0.2, -0.15) is 4.98 Å². The lowest BCUT2D eigenvalue weighted by molar-refractivity contribution is 0.215. The number of rotatable bonds is 7. The lowest BCUT2D eigenvalue weighted by atomic mass is 10.2. The lowest BCUT2D eigenvalue weighted by Crippen LogP contribution is -2.06. The molecule has 8 heteroatoms. The Labute approximate surface area is 124 Å². The average molecular weight is 324 g/mol. The summed E-state index contributed by atoms with van der Waals surface area (Å²) < 4.78 is 16.6. The first-order valence-electron chi connectivity index (χ1n) is 6.34. The van der Waals surface area contributed by atoms with Gasteiger partial charge in [0.1, 0.15) is 5.82 Å². The van der Waals surface area contributed by atoms with Crippen molar-refractivity contribution >= 4 is 18.5 Å². The number of hydrogen-bond donors (Lipinski definition) is 0. The lowest BCUT2D eigenvalue weighted by Gasteiger charge is -2.20. The van der Waals surface area contributed by atoms with E-state index in [1.165, 1.54) is 0 Å². The highest BCUT2D eigenvalue weighted by molar-refractivity contribution is 8.07. The van der Waals surface area contributed by atoms with Crippen LogP contribution in [-0.4, -0.2) is 23.2 Å². The van der Waals surface area contributed by atoms with Crippen LogP contribution in [0.25, 0.3) is 0 Å². The summed E-state index contributed by atoms with van der Waals surface area (Å²) in [6.45, 7) is 7.78. The van der Waals surface area contributed by atoms with Gasteiger partial charge in [0.05, 0.1) is 13.2 Å². The van der Waals surface area contributed by atoms with E-state index in [0.717, 1.165) is 11.5 Å². The number of hydrogen-bond acceptors (Lipinski definition) is 6. The van der Waals surface area contributed by atoms with E-state index in [0.29, 0.717) is 19.1 Å². The Hall–Kier alpha value is -0.620. The Morgan fingerprint density at radius 3 is 2.20 bits per heavy atom. The predicted molar refractivity (Wildman–Crippen MR) is 81.5 cm³/mol. The summed E-state index contributed by atoms with van der Waals surface area (Å²) >= 11 is 5.32. The molecule has 0 aliphatic heterocycles. The average Bonchev–Trinajstić information content (AvgIpc) is 2.28. The molecule has 0 spiro atoms. The third-order valence-electron chi connectivity index (χ3n) is 2.14. The second-order valence-corrected chi connectivity index (χ2v) is 7.17. The summed E-state index contributed by atoms with van der Waals surface area (Å²) in [5.41, 5.74) is 0.836. The van der Waals surface area contributed by atoms with E-state index in [-0.39, 0.29) is 10.6 Å². The van der Waals surface area contributed by atoms with Crippen LogP contribution < -0.4 is 4.52 Å². The van der Waals surface area contributed by atoms with Crippen molar-refractivity contribution in [1.82, 2.24) is 9.97 Å². The van der Waals surface area contributed by atoms with E-state index in [1.54, 1.807) is 6.07 Å². The molecule has 0 fully saturated rings. The van der Waals surface area contributed by atoms with E-state index in [1.807, 2.05) is 34.6 Å². The van der Waals surface area contributed by atoms with Crippen LogP contribution in [0.4, 0.5) is 4.70 Å². The fourth-order valence-corrected chi connectivity index (χ4v) is 3.38. The Kier molecular flexibility index (Phi) is 8.35. The van der Waals surface area contributed by atoms with E-state index in [9.17, 15) is 0 Å². The third-order valence-corrected chi connectivity index (χ3v) is 4.56. The fraction of sp³-hybridized carbons (Fsp3) is 0.667. The minimum atomic E-state index is -2.77. The Bertz CT molecular complexity index is 464. The van der Waals surface area contributed by atoms with Crippen LogP contribution in [0.5, 0.6) is 5.88 Å². The summed E-state index contributed by atoms with van der Waals surface area (Å²) in [7, 11) is 0. The zero-order chi connectivity index (χ0) is 14.5. The maximum atomic E-state index is 5.68. The van der Waals surface area contributed by atoms with Crippen molar-refractivity contribution in [2.75, 3.05) is 13.2 Å². The van der Waals surface area contributed by atoms with Gasteiger partial charge in [0, 0.05) is 29.5 Å². The van der Waals surface area contributed by atoms with Crippen molar-refractivity contribution in [1.29, 1.82) is 0 Å². The summed E-state index contributed by atoms with van der Waals surface area (Å²) in [4.78, 5) is 8.71. The van der Waals surface area contributed by atoms with Crippen molar-refractivity contribution in [3.05, 3.63) is 17.6 Å². The molecule has 0 bridgehead atoms. The molecule has 0 atom stereocenters. The first-order valence-corrected chi connectivity index (χ1v) is 8.90. The van der Waals surface area contributed by atoms with Crippen LogP contribution in [-0.2, 0) is 20.9 Å². The van der Waals surface area contributed by atoms with E-state index >= 15 is 0 Å². The molecule has 1 rings (SSSR count). The maximum Gasteiger partial charge on any atom is 0.381 e. The zero-order valence-electron chi connectivity index (χ0n) is 12.5. The van der Waals surface area contributed by atoms with Gasteiger partial charge >= 0.3 is 6.72 Å². The fourth-order valence-electron chi connectivity index (χ4n) is 1.39. The highest BCUT2D eigenvalue weighted by Gasteiger charge is 2.22. The highest BCUT2D eigenvalue weighted by Crippen LogP contribution is 2.49. The number of halogens is 1. The molecule has 0 saturated heterocycles. The molecule has 1 aromatic heterocycles. The van der Waals surface area contributed by atoms with Crippen LogP contribution in [0.3, 0.4) is 0 Å². The maximum absolute atomic E-state index is 5.68. The SMILES string of the molecule is CCOP(=S)(OCC)Oc1cc(C)nc(C(C)C)n1.F. The van der Waals surface area contributed by atoms with Gasteiger partial charge in [0.25, 0.3) is 0 Å². The standard InChI is InChI=1S/C12H21N2O3PS.FH/c1-6-15-18(19,16-7-2)17-11-8-10(5)13-12(14-11)9(3)4;/h8-9H,6-7H2,1-5H3;1H. The van der Waals surface area contributed by atoms with Gasteiger partial charge in [-0.05, 0) is 20.8 Å². The highest BCUT2D eigenvalue weighted by atomic mass is 32.5. The second-order valence-electron chi connectivity index (χ2n) is 4.23. The normalized spacial score (nSPS) is 11.3. The number of aromatic nitrogens is 2. The summed E-state index contributed by atoms with van der Waals surface area (Å²) in [5.74, 6) is 1.37. The van der Waals surface area contributed by atoms with Gasteiger partial charge in [-0.25, -0.2) is 4.98 Å². The molecule has 1 aromatic rings. The van der Waals surface area contributed by atoms with Gasteiger partial charge < -0.3 is 4.52 Å². The molecule has 1 heterocycles. The summed E-state index contributed by atoms with van der Waals surface area (Å²) in [6, 6.07) is 1.74. The summed E-state index contributed by atoms with van der Waals surface area (Å²) in [6.07, 6.45) is 0. The molecule has 0 aromatic carbocycles. The molecule has 0 N–H and O–H groups in total. The van der Waals surface area contributed by atoms with Gasteiger partial charge in [0.2, 0.25) is 5.88 Å². The first-order chi connectivity index (χ1) is 8.90. The van der Waals surface area contributed by atoms with Gasteiger partial charge in [-0.3, -0.25) is 13.8 Å². The quantitative estimate of drug-likeness (QED) is 0.712. The molecule has 0 saturated carbocycles. The van der Waals surface area contributed by atoms with E-state index in [2.05, 4.69) is 9.97 Å². The predicted octanol–water partition coefficient (Wildman–Crippen LogP) is 3.74. The Morgan fingerprint density at radius 1 is 1.20 bits per heavy atom. The molecule has 0 amide bonds. The van der Waals surface area contributed by atoms with Gasteiger partial charge in [0.15, 0.2) is 0 Å². The van der Waals surface area contributed by atoms with Crippen LogP contribution >= 0.6 is 6.72 Å². The minimum absolute atomic E-state index is 0. The van der Waals surface area contributed by atoms with Crippen LogP contribution in [0.15, 0.2) is 6.07 Å². The van der Waals surface area contributed by atoms with Crippen molar-refractivity contribution in [2.24, 2.45) is 0 Å². The molecule has 0 radical (unpaired) electrons. The number of aryl methyl sites for hydroxylation is 1. The molecule has 0 aliphatic rings. The topological polar surface area (TPSA) is 53.5 Å². The Balaban J connectivity index is 0.00000361. The molecular formula is C12H22FN2O3PS. The minimum Gasteiger partial charge on any atom is -0.406 e. The molecule has 20 heavy (non-hydrogen) atoms. The molecule has 0 unspecified atom stereocenters. The van der Waals surface area contributed by atoms with Gasteiger partial charge in [-0.15, -0.1) is 0 Å². The first kappa shape index (κ1) is 19.4. The van der Waals surface area contributed by atoms with E-state index < -0.39 is 6.72 Å². The molecule has 116 valence electrons. The molecular weight excluding hydrogens is 302 g/mol. The van der Waals surface area contributed by atoms with Crippen molar-refractivity contribution in [3.8, 4) is 5.88 Å². The largest absolute Gasteiger partial charge is 0.406 e. The summed E-state index contributed by atoms with van der Waals surface area (Å²) in [5, 5.41) is 0. The van der Waals surface area contributed by atoms with Crippen LogP contribution in [0.1, 0.15) is 45.1 Å². The zero-order valence-corrected chi connectivity index (χ0v) is 14.2. The second kappa shape index (κ2) is 8.62. The van der Waals surface area contributed by atoms with Crippen molar-refractivity contribution in [3.63, 3.8) is 0 Å². The molecule has 0 aliphatic carbocycles. The Morgan fingerprint density at radius 2 is 1.75 bits per heavy atom. The van der Waals surface area contributed by atoms with Crippen LogP contribution in [0.2, 0.25) is 0 Å².